The van der Waals surface area contributed by atoms with Crippen molar-refractivity contribution in [3.8, 4) is 11.5 Å². The molecule has 0 aliphatic heterocycles. The first-order valence-electron chi connectivity index (χ1n) is 7.55. The molecule has 0 bridgehead atoms. The topological polar surface area (TPSA) is 68.0 Å². The molecule has 1 N–H and O–H groups in total. The Morgan fingerprint density at radius 3 is 2.79 bits per heavy atom. The van der Waals surface area contributed by atoms with E-state index in [0.29, 0.717) is 28.9 Å². The Morgan fingerprint density at radius 1 is 1.17 bits per heavy atom. The number of hydrogen-bond donors (Lipinski definition) is 1. The van der Waals surface area contributed by atoms with Crippen LogP contribution in [0.25, 0.3) is 11.5 Å². The lowest BCUT2D eigenvalue weighted by molar-refractivity contribution is -0.116. The molecule has 0 atom stereocenters. The fourth-order valence-electron chi connectivity index (χ4n) is 2.29. The summed E-state index contributed by atoms with van der Waals surface area (Å²) in [5.41, 5.74) is 2.63. The number of carbonyl (C=O) groups excluding carboxylic acids is 1. The molecule has 24 heavy (non-hydrogen) atoms. The minimum Gasteiger partial charge on any atom is -0.421 e. The highest BCUT2D eigenvalue weighted by molar-refractivity contribution is 6.30. The average molecular weight is 342 g/mol. The van der Waals surface area contributed by atoms with Crippen LogP contribution in [0, 0.1) is 6.92 Å². The van der Waals surface area contributed by atoms with Crippen LogP contribution >= 0.6 is 11.6 Å². The predicted octanol–water partition coefficient (Wildman–Crippen LogP) is 4.27. The van der Waals surface area contributed by atoms with Crippen molar-refractivity contribution in [2.24, 2.45) is 0 Å². The van der Waals surface area contributed by atoms with E-state index in [4.69, 9.17) is 16.0 Å². The fraction of sp³-hybridized carbons (Fsp3) is 0.167. The Balaban J connectivity index is 1.59. The number of hydrogen-bond acceptors (Lipinski definition) is 4. The third-order valence-corrected chi connectivity index (χ3v) is 3.75. The van der Waals surface area contributed by atoms with Gasteiger partial charge in [-0.05, 0) is 36.8 Å². The summed E-state index contributed by atoms with van der Waals surface area (Å²) in [6, 6.07) is 14.8. The van der Waals surface area contributed by atoms with Gasteiger partial charge in [-0.1, -0.05) is 35.9 Å². The lowest BCUT2D eigenvalue weighted by atomic mass is 10.1. The molecule has 3 aromatic rings. The number of aromatic nitrogens is 2. The molecule has 122 valence electrons. The van der Waals surface area contributed by atoms with E-state index in [9.17, 15) is 4.79 Å². The van der Waals surface area contributed by atoms with Gasteiger partial charge in [-0.25, -0.2) is 0 Å². The molecular formula is C18H16ClN3O2. The van der Waals surface area contributed by atoms with Gasteiger partial charge in [-0.3, -0.25) is 4.79 Å². The summed E-state index contributed by atoms with van der Waals surface area (Å²) < 4.78 is 5.65. The summed E-state index contributed by atoms with van der Waals surface area (Å²) in [7, 11) is 0. The minimum absolute atomic E-state index is 0.132. The molecule has 0 unspecified atom stereocenters. The summed E-state index contributed by atoms with van der Waals surface area (Å²) in [6.45, 7) is 1.98. The molecule has 1 heterocycles. The van der Waals surface area contributed by atoms with Crippen molar-refractivity contribution in [2.45, 2.75) is 19.8 Å². The molecule has 0 saturated heterocycles. The molecule has 0 aliphatic rings. The molecule has 2 aromatic carbocycles. The van der Waals surface area contributed by atoms with Gasteiger partial charge in [-0.15, -0.1) is 10.2 Å². The van der Waals surface area contributed by atoms with Crippen molar-refractivity contribution in [2.75, 3.05) is 5.32 Å². The molecule has 5 nitrogen and oxygen atoms in total. The number of amides is 1. The molecule has 3 rings (SSSR count). The van der Waals surface area contributed by atoms with Crippen molar-refractivity contribution in [3.05, 3.63) is 65.0 Å². The number of aryl methyl sites for hydroxylation is 2. The zero-order valence-electron chi connectivity index (χ0n) is 13.1. The highest BCUT2D eigenvalue weighted by Crippen LogP contribution is 2.22. The first kappa shape index (κ1) is 16.2. The van der Waals surface area contributed by atoms with Crippen LogP contribution in [0.3, 0.4) is 0 Å². The second kappa shape index (κ2) is 7.27. The largest absolute Gasteiger partial charge is 0.421 e. The van der Waals surface area contributed by atoms with Gasteiger partial charge in [-0.2, -0.15) is 0 Å². The third-order valence-electron chi connectivity index (χ3n) is 3.52. The molecule has 0 aliphatic carbocycles. The minimum atomic E-state index is -0.132. The monoisotopic (exact) mass is 341 g/mol. The van der Waals surface area contributed by atoms with Crippen molar-refractivity contribution in [1.29, 1.82) is 0 Å². The molecule has 0 spiro atoms. The van der Waals surface area contributed by atoms with E-state index in [1.807, 2.05) is 31.2 Å². The van der Waals surface area contributed by atoms with Crippen LogP contribution in [-0.2, 0) is 11.2 Å². The number of benzene rings is 2. The maximum absolute atomic E-state index is 12.0. The number of nitrogens with one attached hydrogen (secondary N) is 1. The summed E-state index contributed by atoms with van der Waals surface area (Å²) >= 11 is 5.89. The highest BCUT2D eigenvalue weighted by atomic mass is 35.5. The van der Waals surface area contributed by atoms with E-state index in [1.54, 1.807) is 24.3 Å². The Morgan fingerprint density at radius 2 is 2.00 bits per heavy atom. The quantitative estimate of drug-likeness (QED) is 0.752. The summed E-state index contributed by atoms with van der Waals surface area (Å²) in [5.74, 6) is 0.778. The Kier molecular flexibility index (Phi) is 4.91. The number of nitrogens with zero attached hydrogens (tertiary/aromatic N) is 2. The summed E-state index contributed by atoms with van der Waals surface area (Å²) in [6.07, 6.45) is 0.632. The fourth-order valence-corrected chi connectivity index (χ4v) is 2.48. The number of carbonyl (C=O) groups is 1. The van der Waals surface area contributed by atoms with Gasteiger partial charge in [0.15, 0.2) is 0 Å². The lowest BCUT2D eigenvalue weighted by Crippen LogP contribution is -2.12. The Labute approximate surface area is 144 Å². The average Bonchev–Trinajstić information content (AvgIpc) is 3.02. The van der Waals surface area contributed by atoms with E-state index < -0.39 is 0 Å². The van der Waals surface area contributed by atoms with E-state index in [0.717, 1.165) is 11.1 Å². The normalized spacial score (nSPS) is 10.6. The van der Waals surface area contributed by atoms with Gasteiger partial charge in [0.25, 0.3) is 0 Å². The highest BCUT2D eigenvalue weighted by Gasteiger charge is 2.12. The zero-order valence-corrected chi connectivity index (χ0v) is 13.9. The van der Waals surface area contributed by atoms with E-state index >= 15 is 0 Å². The SMILES string of the molecule is Cc1ccccc1-c1nnc(CCC(=O)Nc2cccc(Cl)c2)o1. The van der Waals surface area contributed by atoms with Crippen molar-refractivity contribution < 1.29 is 9.21 Å². The van der Waals surface area contributed by atoms with Gasteiger partial charge < -0.3 is 9.73 Å². The Hall–Kier alpha value is -2.66. The summed E-state index contributed by atoms with van der Waals surface area (Å²) in [5, 5.41) is 11.4. The van der Waals surface area contributed by atoms with Gasteiger partial charge in [0, 0.05) is 29.1 Å². The van der Waals surface area contributed by atoms with E-state index in [2.05, 4.69) is 15.5 Å². The zero-order chi connectivity index (χ0) is 16.9. The molecule has 6 heteroatoms. The Bertz CT molecular complexity index is 861. The molecular weight excluding hydrogens is 326 g/mol. The van der Waals surface area contributed by atoms with Crippen LogP contribution in [0.4, 0.5) is 5.69 Å². The molecule has 1 amide bonds. The number of halogens is 1. The van der Waals surface area contributed by atoms with Crippen molar-refractivity contribution >= 4 is 23.2 Å². The van der Waals surface area contributed by atoms with Gasteiger partial charge in [0.2, 0.25) is 17.7 Å². The first-order chi connectivity index (χ1) is 11.6. The van der Waals surface area contributed by atoms with Gasteiger partial charge in [0.1, 0.15) is 0 Å². The van der Waals surface area contributed by atoms with Crippen LogP contribution in [0.1, 0.15) is 17.9 Å². The van der Waals surface area contributed by atoms with Crippen molar-refractivity contribution in [3.63, 3.8) is 0 Å². The number of rotatable bonds is 5. The maximum Gasteiger partial charge on any atom is 0.247 e. The third kappa shape index (κ3) is 4.00. The van der Waals surface area contributed by atoms with E-state index in [-0.39, 0.29) is 12.3 Å². The first-order valence-corrected chi connectivity index (χ1v) is 7.93. The molecule has 0 radical (unpaired) electrons. The van der Waals surface area contributed by atoms with Gasteiger partial charge >= 0.3 is 0 Å². The molecule has 0 fully saturated rings. The van der Waals surface area contributed by atoms with E-state index in [1.165, 1.54) is 0 Å². The van der Waals surface area contributed by atoms with Crippen LogP contribution in [0.5, 0.6) is 0 Å². The van der Waals surface area contributed by atoms with Crippen LogP contribution in [-0.4, -0.2) is 16.1 Å². The predicted molar refractivity (Wildman–Crippen MR) is 92.9 cm³/mol. The van der Waals surface area contributed by atoms with Crippen LogP contribution in [0.2, 0.25) is 5.02 Å². The lowest BCUT2D eigenvalue weighted by Gasteiger charge is -2.04. The van der Waals surface area contributed by atoms with Gasteiger partial charge in [0.05, 0.1) is 0 Å². The molecule has 0 saturated carbocycles. The van der Waals surface area contributed by atoms with Crippen molar-refractivity contribution in [1.82, 2.24) is 10.2 Å². The summed E-state index contributed by atoms with van der Waals surface area (Å²) in [4.78, 5) is 12.0. The standard InChI is InChI=1S/C18H16ClN3O2/c1-12-5-2-3-8-15(12)18-22-21-17(24-18)10-9-16(23)20-14-7-4-6-13(19)11-14/h2-8,11H,9-10H2,1H3,(H,20,23). The van der Waals surface area contributed by atoms with Crippen LogP contribution < -0.4 is 5.32 Å². The second-order valence-electron chi connectivity index (χ2n) is 5.37. The second-order valence-corrected chi connectivity index (χ2v) is 5.81. The van der Waals surface area contributed by atoms with Crippen LogP contribution in [0.15, 0.2) is 52.9 Å². The maximum atomic E-state index is 12.0. The number of anilines is 1. The molecule has 1 aromatic heterocycles. The smallest absolute Gasteiger partial charge is 0.247 e.